The molecule has 3 rings (SSSR count). The largest absolute Gasteiger partial charge is 0.375 e. The highest BCUT2D eigenvalue weighted by molar-refractivity contribution is 7.99. The van der Waals surface area contributed by atoms with E-state index in [0.29, 0.717) is 5.92 Å². The first-order valence-electron chi connectivity index (χ1n) is 7.38. The van der Waals surface area contributed by atoms with Crippen LogP contribution >= 0.6 is 11.8 Å². The zero-order chi connectivity index (χ0) is 14.0. The van der Waals surface area contributed by atoms with Crippen molar-refractivity contribution < 1.29 is 4.74 Å². The summed E-state index contributed by atoms with van der Waals surface area (Å²) in [5.74, 6) is 8.81. The number of imidazole rings is 1. The quantitative estimate of drug-likeness (QED) is 0.655. The number of aromatic nitrogens is 2. The molecule has 3 N–H and O–H groups in total. The summed E-state index contributed by atoms with van der Waals surface area (Å²) in [6.07, 6.45) is 8.28. The Labute approximate surface area is 124 Å². The molecule has 20 heavy (non-hydrogen) atoms. The second kappa shape index (κ2) is 6.05. The molecule has 0 amide bonds. The van der Waals surface area contributed by atoms with E-state index < -0.39 is 0 Å². The third-order valence-electron chi connectivity index (χ3n) is 4.76. The molecule has 0 aromatic carbocycles. The van der Waals surface area contributed by atoms with Crippen molar-refractivity contribution in [2.75, 3.05) is 18.1 Å². The maximum absolute atomic E-state index is 6.17. The first-order chi connectivity index (χ1) is 9.74. The van der Waals surface area contributed by atoms with E-state index in [2.05, 4.69) is 15.0 Å². The van der Waals surface area contributed by atoms with Crippen LogP contribution in [0.15, 0.2) is 12.5 Å². The summed E-state index contributed by atoms with van der Waals surface area (Å²) < 4.78 is 8.23. The fourth-order valence-electron chi connectivity index (χ4n) is 3.57. The minimum absolute atomic E-state index is 0.0991. The Hall–Kier alpha value is -0.560. The summed E-state index contributed by atoms with van der Waals surface area (Å²) >= 11 is 2.04. The van der Waals surface area contributed by atoms with Gasteiger partial charge in [0.2, 0.25) is 0 Å². The van der Waals surface area contributed by atoms with Crippen LogP contribution in [0.1, 0.15) is 37.4 Å². The highest BCUT2D eigenvalue weighted by Crippen LogP contribution is 2.43. The van der Waals surface area contributed by atoms with Gasteiger partial charge in [-0.15, -0.1) is 0 Å². The van der Waals surface area contributed by atoms with Crippen LogP contribution in [0.5, 0.6) is 0 Å². The number of hydrazine groups is 1. The van der Waals surface area contributed by atoms with Crippen molar-refractivity contribution in [1.82, 2.24) is 15.0 Å². The van der Waals surface area contributed by atoms with E-state index in [1.54, 1.807) is 0 Å². The lowest BCUT2D eigenvalue weighted by Gasteiger charge is -2.45. The number of hydrogen-bond acceptors (Lipinski definition) is 5. The Morgan fingerprint density at radius 1 is 1.55 bits per heavy atom. The Kier molecular flexibility index (Phi) is 4.35. The lowest BCUT2D eigenvalue weighted by Crippen LogP contribution is -2.47. The van der Waals surface area contributed by atoms with Crippen molar-refractivity contribution in [3.8, 4) is 0 Å². The molecule has 2 fully saturated rings. The van der Waals surface area contributed by atoms with Crippen LogP contribution in [0, 0.1) is 5.92 Å². The van der Waals surface area contributed by atoms with E-state index in [0.717, 1.165) is 19.4 Å². The Morgan fingerprint density at radius 2 is 2.35 bits per heavy atom. The molecule has 0 radical (unpaired) electrons. The van der Waals surface area contributed by atoms with E-state index in [9.17, 15) is 0 Å². The summed E-state index contributed by atoms with van der Waals surface area (Å²) in [4.78, 5) is 4.22. The molecule has 5 nitrogen and oxygen atoms in total. The normalized spacial score (nSPS) is 27.6. The van der Waals surface area contributed by atoms with E-state index >= 15 is 0 Å². The first kappa shape index (κ1) is 14.4. The molecular formula is C14H24N4OS. The number of hydrogen-bond donors (Lipinski definition) is 2. The minimum Gasteiger partial charge on any atom is -0.375 e. The van der Waals surface area contributed by atoms with Crippen LogP contribution in [-0.2, 0) is 11.8 Å². The number of thioether (sulfide) groups is 1. The minimum atomic E-state index is 0.0991. The van der Waals surface area contributed by atoms with Crippen LogP contribution in [-0.4, -0.2) is 33.3 Å². The number of aryl methyl sites for hydroxylation is 1. The van der Waals surface area contributed by atoms with Gasteiger partial charge in [-0.3, -0.25) is 11.3 Å². The Morgan fingerprint density at radius 3 is 3.00 bits per heavy atom. The van der Waals surface area contributed by atoms with Crippen LogP contribution < -0.4 is 11.3 Å². The van der Waals surface area contributed by atoms with E-state index in [-0.39, 0.29) is 11.6 Å². The Balaban J connectivity index is 1.76. The van der Waals surface area contributed by atoms with Crippen molar-refractivity contribution in [3.63, 3.8) is 0 Å². The molecule has 2 saturated heterocycles. The third-order valence-corrected chi connectivity index (χ3v) is 5.74. The molecule has 2 aliphatic rings. The molecule has 3 heterocycles. The third kappa shape index (κ3) is 2.74. The fourth-order valence-corrected chi connectivity index (χ4v) is 4.81. The van der Waals surface area contributed by atoms with Gasteiger partial charge in [-0.1, -0.05) is 0 Å². The van der Waals surface area contributed by atoms with Crippen LogP contribution in [0.4, 0.5) is 0 Å². The fraction of sp³-hybridized carbons (Fsp3) is 0.786. The van der Waals surface area contributed by atoms with E-state index in [1.165, 1.54) is 30.0 Å². The smallest absolute Gasteiger partial charge is 0.0946 e. The lowest BCUT2D eigenvalue weighted by molar-refractivity contribution is -0.107. The first-order valence-corrected chi connectivity index (χ1v) is 8.54. The van der Waals surface area contributed by atoms with Crippen molar-refractivity contribution in [2.24, 2.45) is 18.8 Å². The molecule has 0 bridgehead atoms. The van der Waals surface area contributed by atoms with Gasteiger partial charge in [0.15, 0.2) is 0 Å². The molecule has 0 aliphatic carbocycles. The van der Waals surface area contributed by atoms with Gasteiger partial charge in [0.05, 0.1) is 23.7 Å². The molecule has 1 aromatic rings. The van der Waals surface area contributed by atoms with Gasteiger partial charge in [-0.25, -0.2) is 4.98 Å². The zero-order valence-corrected chi connectivity index (χ0v) is 12.9. The monoisotopic (exact) mass is 296 g/mol. The highest BCUT2D eigenvalue weighted by Gasteiger charge is 2.41. The molecule has 6 heteroatoms. The topological polar surface area (TPSA) is 65.1 Å². The summed E-state index contributed by atoms with van der Waals surface area (Å²) in [5.41, 5.74) is 4.28. The van der Waals surface area contributed by atoms with Gasteiger partial charge < -0.3 is 9.30 Å². The molecule has 1 spiro atoms. The second-order valence-corrected chi connectivity index (χ2v) is 7.20. The van der Waals surface area contributed by atoms with Gasteiger partial charge in [-0.05, 0) is 43.1 Å². The van der Waals surface area contributed by atoms with Crippen molar-refractivity contribution in [3.05, 3.63) is 18.2 Å². The van der Waals surface area contributed by atoms with E-state index in [4.69, 9.17) is 10.6 Å². The van der Waals surface area contributed by atoms with Crippen LogP contribution in [0.2, 0.25) is 0 Å². The number of nitrogens with one attached hydrogen (secondary N) is 1. The molecule has 112 valence electrons. The van der Waals surface area contributed by atoms with Crippen LogP contribution in [0.3, 0.4) is 0 Å². The highest BCUT2D eigenvalue weighted by atomic mass is 32.2. The summed E-state index contributed by atoms with van der Waals surface area (Å²) in [6.45, 7) is 0.853. The average Bonchev–Trinajstić information content (AvgIpc) is 2.87. The molecule has 2 aliphatic heterocycles. The van der Waals surface area contributed by atoms with Crippen molar-refractivity contribution >= 4 is 11.8 Å². The van der Waals surface area contributed by atoms with Gasteiger partial charge in [-0.2, -0.15) is 11.8 Å². The summed E-state index contributed by atoms with van der Waals surface area (Å²) in [7, 11) is 2.03. The zero-order valence-electron chi connectivity index (χ0n) is 12.0. The number of nitrogens with zero attached hydrogens (tertiary/aromatic N) is 2. The SMILES string of the molecule is Cn1cncc1C(NN)C1CCOC2(CCSCC2)C1. The van der Waals surface area contributed by atoms with Gasteiger partial charge >= 0.3 is 0 Å². The average molecular weight is 296 g/mol. The number of nitrogens with two attached hydrogens (primary N) is 1. The molecule has 1 aromatic heterocycles. The van der Waals surface area contributed by atoms with Crippen molar-refractivity contribution in [1.29, 1.82) is 0 Å². The second-order valence-electron chi connectivity index (χ2n) is 5.97. The standard InChI is InChI=1S/C14H24N4OS/c1-18-10-16-9-12(18)13(17-15)11-2-5-19-14(8-11)3-6-20-7-4-14/h9-11,13,17H,2-8,15H2,1H3. The van der Waals surface area contributed by atoms with Crippen LogP contribution in [0.25, 0.3) is 0 Å². The van der Waals surface area contributed by atoms with E-state index in [1.807, 2.05) is 31.3 Å². The summed E-state index contributed by atoms with van der Waals surface area (Å²) in [5, 5.41) is 0. The number of ether oxygens (including phenoxy) is 1. The predicted octanol–water partition coefficient (Wildman–Crippen LogP) is 1.62. The van der Waals surface area contributed by atoms with Gasteiger partial charge in [0.1, 0.15) is 0 Å². The van der Waals surface area contributed by atoms with Gasteiger partial charge in [0, 0.05) is 19.9 Å². The predicted molar refractivity (Wildman–Crippen MR) is 81.2 cm³/mol. The Bertz CT molecular complexity index is 439. The lowest BCUT2D eigenvalue weighted by atomic mass is 9.78. The maximum Gasteiger partial charge on any atom is 0.0946 e. The van der Waals surface area contributed by atoms with Crippen molar-refractivity contribution in [2.45, 2.75) is 37.3 Å². The summed E-state index contributed by atoms with van der Waals surface area (Å²) in [6, 6.07) is 0.165. The molecule has 2 atom stereocenters. The molecule has 2 unspecified atom stereocenters. The van der Waals surface area contributed by atoms with Gasteiger partial charge in [0.25, 0.3) is 0 Å². The molecular weight excluding hydrogens is 272 g/mol. The maximum atomic E-state index is 6.17. The molecule has 0 saturated carbocycles. The number of rotatable bonds is 3.